The van der Waals surface area contributed by atoms with Crippen molar-refractivity contribution in [1.29, 1.82) is 0 Å². The molecule has 0 unspecified atom stereocenters. The third-order valence-corrected chi connectivity index (χ3v) is 3.16. The number of ether oxygens (including phenoxy) is 2. The summed E-state index contributed by atoms with van der Waals surface area (Å²) in [6, 6.07) is 14.3. The largest absolute Gasteiger partial charge is 0.496 e. The summed E-state index contributed by atoms with van der Waals surface area (Å²) in [5.74, 6) is 1.76. The van der Waals surface area contributed by atoms with Gasteiger partial charge in [0.25, 0.3) is 0 Å². The highest BCUT2D eigenvalue weighted by atomic mass is 16.5. The molecule has 0 aliphatic carbocycles. The van der Waals surface area contributed by atoms with Gasteiger partial charge in [-0.2, -0.15) is 0 Å². The molecule has 2 aromatic rings. The Morgan fingerprint density at radius 3 is 2.37 bits per heavy atom. The Balaban J connectivity index is 2.07. The van der Waals surface area contributed by atoms with E-state index in [9.17, 15) is 0 Å². The van der Waals surface area contributed by atoms with Crippen LogP contribution in [0.3, 0.4) is 0 Å². The van der Waals surface area contributed by atoms with Gasteiger partial charge in [-0.15, -0.1) is 0 Å². The molecular formula is C17H20O2. The van der Waals surface area contributed by atoms with Gasteiger partial charge in [-0.3, -0.25) is 0 Å². The average Bonchev–Trinajstić information content (AvgIpc) is 2.46. The molecule has 19 heavy (non-hydrogen) atoms. The van der Waals surface area contributed by atoms with Crippen LogP contribution in [0.25, 0.3) is 0 Å². The van der Waals surface area contributed by atoms with Gasteiger partial charge in [0.1, 0.15) is 18.1 Å². The van der Waals surface area contributed by atoms with Crippen LogP contribution in [0.1, 0.15) is 23.6 Å². The minimum atomic E-state index is 0.524. The SMILES string of the molecule is CCc1ccc(OCc2cc(C)ccc2OC)cc1. The summed E-state index contributed by atoms with van der Waals surface area (Å²) in [6.07, 6.45) is 1.05. The molecule has 0 heterocycles. The monoisotopic (exact) mass is 256 g/mol. The van der Waals surface area contributed by atoms with E-state index in [2.05, 4.69) is 32.0 Å². The predicted octanol–water partition coefficient (Wildman–Crippen LogP) is 4.15. The minimum Gasteiger partial charge on any atom is -0.496 e. The van der Waals surface area contributed by atoms with Crippen molar-refractivity contribution >= 4 is 0 Å². The first-order valence-electron chi connectivity index (χ1n) is 6.58. The van der Waals surface area contributed by atoms with E-state index in [1.807, 2.05) is 24.3 Å². The van der Waals surface area contributed by atoms with Crippen LogP contribution in [0.4, 0.5) is 0 Å². The molecule has 2 aromatic carbocycles. The summed E-state index contributed by atoms with van der Waals surface area (Å²) in [4.78, 5) is 0. The van der Waals surface area contributed by atoms with Gasteiger partial charge in [-0.1, -0.05) is 30.7 Å². The topological polar surface area (TPSA) is 18.5 Å². The molecule has 0 radical (unpaired) electrons. The predicted molar refractivity (Wildman–Crippen MR) is 77.9 cm³/mol. The van der Waals surface area contributed by atoms with Crippen molar-refractivity contribution in [1.82, 2.24) is 0 Å². The van der Waals surface area contributed by atoms with Gasteiger partial charge >= 0.3 is 0 Å². The van der Waals surface area contributed by atoms with Gasteiger partial charge in [0.2, 0.25) is 0 Å². The van der Waals surface area contributed by atoms with Gasteiger partial charge in [0.05, 0.1) is 7.11 Å². The highest BCUT2D eigenvalue weighted by Gasteiger charge is 2.04. The number of benzene rings is 2. The number of aryl methyl sites for hydroxylation is 2. The molecule has 0 fully saturated rings. The summed E-state index contributed by atoms with van der Waals surface area (Å²) in [6.45, 7) is 4.74. The number of rotatable bonds is 5. The van der Waals surface area contributed by atoms with E-state index in [0.717, 1.165) is 23.5 Å². The molecule has 0 aliphatic rings. The van der Waals surface area contributed by atoms with E-state index in [1.54, 1.807) is 7.11 Å². The van der Waals surface area contributed by atoms with E-state index < -0.39 is 0 Å². The second-order valence-electron chi connectivity index (χ2n) is 4.60. The lowest BCUT2D eigenvalue weighted by Gasteiger charge is -2.11. The molecule has 0 saturated heterocycles. The smallest absolute Gasteiger partial charge is 0.125 e. The Bertz CT molecular complexity index is 529. The fourth-order valence-electron chi connectivity index (χ4n) is 2.00. The minimum absolute atomic E-state index is 0.524. The number of hydrogen-bond acceptors (Lipinski definition) is 2. The summed E-state index contributed by atoms with van der Waals surface area (Å²) >= 11 is 0. The van der Waals surface area contributed by atoms with Crippen LogP contribution in [0.2, 0.25) is 0 Å². The van der Waals surface area contributed by atoms with E-state index in [-0.39, 0.29) is 0 Å². The molecular weight excluding hydrogens is 236 g/mol. The zero-order valence-corrected chi connectivity index (χ0v) is 11.8. The summed E-state index contributed by atoms with van der Waals surface area (Å²) in [5, 5.41) is 0. The van der Waals surface area contributed by atoms with Gasteiger partial charge in [-0.25, -0.2) is 0 Å². The van der Waals surface area contributed by atoms with Crippen LogP contribution in [0, 0.1) is 6.92 Å². The van der Waals surface area contributed by atoms with Gasteiger partial charge in [0, 0.05) is 5.56 Å². The molecule has 0 N–H and O–H groups in total. The Hall–Kier alpha value is -1.96. The maximum atomic E-state index is 5.81. The van der Waals surface area contributed by atoms with Gasteiger partial charge in [0.15, 0.2) is 0 Å². The van der Waals surface area contributed by atoms with Gasteiger partial charge < -0.3 is 9.47 Å². The molecule has 2 heteroatoms. The van der Waals surface area contributed by atoms with E-state index in [4.69, 9.17) is 9.47 Å². The summed E-state index contributed by atoms with van der Waals surface area (Å²) < 4.78 is 11.2. The van der Waals surface area contributed by atoms with Crippen molar-refractivity contribution in [3.8, 4) is 11.5 Å². The van der Waals surface area contributed by atoms with Crippen molar-refractivity contribution in [2.24, 2.45) is 0 Å². The average molecular weight is 256 g/mol. The second kappa shape index (κ2) is 6.28. The molecule has 0 atom stereocenters. The van der Waals surface area contributed by atoms with Crippen LogP contribution in [-0.2, 0) is 13.0 Å². The Labute approximate surface area is 115 Å². The van der Waals surface area contributed by atoms with E-state index in [1.165, 1.54) is 11.1 Å². The number of methoxy groups -OCH3 is 1. The first-order valence-corrected chi connectivity index (χ1v) is 6.58. The fourth-order valence-corrected chi connectivity index (χ4v) is 2.00. The highest BCUT2D eigenvalue weighted by molar-refractivity contribution is 5.37. The zero-order chi connectivity index (χ0) is 13.7. The van der Waals surface area contributed by atoms with Crippen molar-refractivity contribution < 1.29 is 9.47 Å². The van der Waals surface area contributed by atoms with Crippen molar-refractivity contribution in [2.75, 3.05) is 7.11 Å². The molecule has 0 aromatic heterocycles. The number of hydrogen-bond donors (Lipinski definition) is 0. The molecule has 0 saturated carbocycles. The first-order chi connectivity index (χ1) is 9.22. The van der Waals surface area contributed by atoms with Crippen LogP contribution >= 0.6 is 0 Å². The molecule has 0 bridgehead atoms. The van der Waals surface area contributed by atoms with Crippen LogP contribution in [-0.4, -0.2) is 7.11 Å². The summed E-state index contributed by atoms with van der Waals surface area (Å²) in [7, 11) is 1.68. The molecule has 0 aliphatic heterocycles. The van der Waals surface area contributed by atoms with Gasteiger partial charge in [-0.05, 0) is 43.2 Å². The third-order valence-electron chi connectivity index (χ3n) is 3.16. The lowest BCUT2D eigenvalue weighted by molar-refractivity contribution is 0.296. The van der Waals surface area contributed by atoms with Crippen molar-refractivity contribution in [3.63, 3.8) is 0 Å². The quantitative estimate of drug-likeness (QED) is 0.800. The van der Waals surface area contributed by atoms with Crippen molar-refractivity contribution in [3.05, 3.63) is 59.2 Å². The Kier molecular flexibility index (Phi) is 4.45. The van der Waals surface area contributed by atoms with Crippen molar-refractivity contribution in [2.45, 2.75) is 26.9 Å². The van der Waals surface area contributed by atoms with E-state index >= 15 is 0 Å². The lowest BCUT2D eigenvalue weighted by Crippen LogP contribution is -1.99. The summed E-state index contributed by atoms with van der Waals surface area (Å²) in [5.41, 5.74) is 3.60. The Morgan fingerprint density at radius 2 is 1.74 bits per heavy atom. The molecule has 100 valence electrons. The first kappa shape index (κ1) is 13.5. The fraction of sp³-hybridized carbons (Fsp3) is 0.294. The van der Waals surface area contributed by atoms with Crippen LogP contribution in [0.5, 0.6) is 11.5 Å². The Morgan fingerprint density at radius 1 is 1.00 bits per heavy atom. The normalized spacial score (nSPS) is 10.3. The highest BCUT2D eigenvalue weighted by Crippen LogP contribution is 2.22. The molecule has 2 rings (SSSR count). The maximum Gasteiger partial charge on any atom is 0.125 e. The van der Waals surface area contributed by atoms with E-state index in [0.29, 0.717) is 6.61 Å². The molecule has 2 nitrogen and oxygen atoms in total. The lowest BCUT2D eigenvalue weighted by atomic mass is 10.1. The molecule has 0 spiro atoms. The zero-order valence-electron chi connectivity index (χ0n) is 11.8. The molecule has 0 amide bonds. The van der Waals surface area contributed by atoms with Crippen LogP contribution < -0.4 is 9.47 Å². The van der Waals surface area contributed by atoms with Crippen LogP contribution in [0.15, 0.2) is 42.5 Å². The second-order valence-corrected chi connectivity index (χ2v) is 4.60. The standard InChI is InChI=1S/C17H20O2/c1-4-14-6-8-16(9-7-14)19-12-15-11-13(2)5-10-17(15)18-3/h5-11H,4,12H2,1-3H3. The maximum absolute atomic E-state index is 5.81. The third kappa shape index (κ3) is 3.50.